The molecule has 0 fully saturated rings. The molecule has 0 aliphatic rings. The lowest BCUT2D eigenvalue weighted by molar-refractivity contribution is -0.162. The predicted octanol–water partition coefficient (Wildman–Crippen LogP) is 1.28. The summed E-state index contributed by atoms with van der Waals surface area (Å²) in [7, 11) is 0. The molecule has 0 N–H and O–H groups in total. The van der Waals surface area contributed by atoms with Crippen molar-refractivity contribution in [2.45, 2.75) is 27.2 Å². The number of ether oxygens (including phenoxy) is 2. The SMILES string of the molecule is CCOC(=O)C(CC(C)C#N)C(=O)OCC. The Morgan fingerprint density at radius 2 is 1.62 bits per heavy atom. The maximum atomic E-state index is 11.5. The van der Waals surface area contributed by atoms with E-state index in [0.717, 1.165) is 0 Å². The van der Waals surface area contributed by atoms with E-state index in [9.17, 15) is 9.59 Å². The van der Waals surface area contributed by atoms with Gasteiger partial charge in [0.1, 0.15) is 0 Å². The number of hydrogen-bond donors (Lipinski definition) is 0. The highest BCUT2D eigenvalue weighted by Gasteiger charge is 2.30. The molecule has 0 aromatic carbocycles. The molecule has 16 heavy (non-hydrogen) atoms. The van der Waals surface area contributed by atoms with Gasteiger partial charge >= 0.3 is 11.9 Å². The Morgan fingerprint density at radius 3 is 1.94 bits per heavy atom. The molecule has 0 spiro atoms. The fraction of sp³-hybridized carbons (Fsp3) is 0.727. The third-order valence-corrected chi connectivity index (χ3v) is 1.95. The molecular weight excluding hydrogens is 210 g/mol. The van der Waals surface area contributed by atoms with Crippen LogP contribution in [0, 0.1) is 23.2 Å². The molecule has 0 aliphatic heterocycles. The zero-order valence-corrected chi connectivity index (χ0v) is 9.86. The Bertz CT molecular complexity index is 264. The summed E-state index contributed by atoms with van der Waals surface area (Å²) in [5, 5.41) is 8.65. The van der Waals surface area contributed by atoms with Crippen LogP contribution in [0.25, 0.3) is 0 Å². The Kier molecular flexibility index (Phi) is 6.93. The molecule has 90 valence electrons. The normalized spacial score (nSPS) is 11.7. The molecule has 0 amide bonds. The second-order valence-electron chi connectivity index (χ2n) is 3.32. The van der Waals surface area contributed by atoms with Crippen LogP contribution in [0.2, 0.25) is 0 Å². The summed E-state index contributed by atoms with van der Waals surface area (Å²) in [5.41, 5.74) is 0. The van der Waals surface area contributed by atoms with Gasteiger partial charge in [-0.25, -0.2) is 0 Å². The Hall–Kier alpha value is -1.57. The number of hydrogen-bond acceptors (Lipinski definition) is 5. The number of carbonyl (C=O) groups is 2. The highest BCUT2D eigenvalue weighted by atomic mass is 16.6. The average Bonchev–Trinajstić information content (AvgIpc) is 2.25. The van der Waals surface area contributed by atoms with E-state index in [1.807, 2.05) is 6.07 Å². The minimum Gasteiger partial charge on any atom is -0.465 e. The van der Waals surface area contributed by atoms with Crippen LogP contribution in [0.4, 0.5) is 0 Å². The first-order valence-corrected chi connectivity index (χ1v) is 5.29. The molecule has 1 unspecified atom stereocenters. The summed E-state index contributed by atoms with van der Waals surface area (Å²) >= 11 is 0. The third kappa shape index (κ3) is 4.78. The smallest absolute Gasteiger partial charge is 0.320 e. The van der Waals surface area contributed by atoms with Crippen LogP contribution in [-0.4, -0.2) is 25.2 Å². The van der Waals surface area contributed by atoms with Gasteiger partial charge in [-0.15, -0.1) is 0 Å². The van der Waals surface area contributed by atoms with E-state index < -0.39 is 17.9 Å². The van der Waals surface area contributed by atoms with Crippen molar-refractivity contribution in [3.63, 3.8) is 0 Å². The minimum absolute atomic E-state index is 0.133. The van der Waals surface area contributed by atoms with E-state index in [4.69, 9.17) is 14.7 Å². The van der Waals surface area contributed by atoms with Crippen molar-refractivity contribution in [2.75, 3.05) is 13.2 Å². The van der Waals surface area contributed by atoms with Crippen LogP contribution in [0.1, 0.15) is 27.2 Å². The molecule has 0 bridgehead atoms. The topological polar surface area (TPSA) is 76.4 Å². The standard InChI is InChI=1S/C11H17NO4/c1-4-15-10(13)9(6-8(3)7-12)11(14)16-5-2/h8-9H,4-6H2,1-3H3. The van der Waals surface area contributed by atoms with Crippen LogP contribution in [0.5, 0.6) is 0 Å². The molecule has 1 atom stereocenters. The van der Waals surface area contributed by atoms with Gasteiger partial charge in [-0.1, -0.05) is 0 Å². The minimum atomic E-state index is -0.991. The highest BCUT2D eigenvalue weighted by molar-refractivity contribution is 5.94. The molecule has 0 aromatic rings. The molecule has 5 nitrogen and oxygen atoms in total. The summed E-state index contributed by atoms with van der Waals surface area (Å²) in [6.07, 6.45) is 0.133. The lowest BCUT2D eigenvalue weighted by Gasteiger charge is -2.14. The monoisotopic (exact) mass is 227 g/mol. The van der Waals surface area contributed by atoms with Crippen LogP contribution in [0.3, 0.4) is 0 Å². The maximum absolute atomic E-state index is 11.5. The summed E-state index contributed by atoms with van der Waals surface area (Å²) in [5.74, 6) is -2.63. The lowest BCUT2D eigenvalue weighted by Crippen LogP contribution is -2.29. The third-order valence-electron chi connectivity index (χ3n) is 1.95. The molecule has 0 radical (unpaired) electrons. The lowest BCUT2D eigenvalue weighted by atomic mass is 9.97. The van der Waals surface area contributed by atoms with E-state index in [2.05, 4.69) is 0 Å². The van der Waals surface area contributed by atoms with Crippen molar-refractivity contribution in [1.82, 2.24) is 0 Å². The van der Waals surface area contributed by atoms with Gasteiger partial charge in [0, 0.05) is 5.92 Å². The summed E-state index contributed by atoms with van der Waals surface area (Å²) in [4.78, 5) is 23.0. The second-order valence-corrected chi connectivity index (χ2v) is 3.32. The number of rotatable bonds is 6. The maximum Gasteiger partial charge on any atom is 0.320 e. The van der Waals surface area contributed by atoms with Crippen molar-refractivity contribution >= 4 is 11.9 Å². The molecule has 0 rings (SSSR count). The van der Waals surface area contributed by atoms with Crippen molar-refractivity contribution in [3.05, 3.63) is 0 Å². The second kappa shape index (κ2) is 7.69. The molecule has 0 heterocycles. The molecule has 5 heteroatoms. The van der Waals surface area contributed by atoms with E-state index >= 15 is 0 Å². The quantitative estimate of drug-likeness (QED) is 0.504. The summed E-state index contributed by atoms with van der Waals surface area (Å²) < 4.78 is 9.54. The Morgan fingerprint density at radius 1 is 1.19 bits per heavy atom. The van der Waals surface area contributed by atoms with Gasteiger partial charge in [-0.3, -0.25) is 9.59 Å². The van der Waals surface area contributed by atoms with E-state index in [0.29, 0.717) is 0 Å². The van der Waals surface area contributed by atoms with Crippen LogP contribution in [-0.2, 0) is 19.1 Å². The number of carbonyl (C=O) groups excluding carboxylic acids is 2. The van der Waals surface area contributed by atoms with E-state index in [1.54, 1.807) is 20.8 Å². The first kappa shape index (κ1) is 14.4. The fourth-order valence-electron chi connectivity index (χ4n) is 1.18. The first-order chi connectivity index (χ1) is 7.56. The Balaban J connectivity index is 4.56. The number of esters is 2. The van der Waals surface area contributed by atoms with E-state index in [1.165, 1.54) is 0 Å². The summed E-state index contributed by atoms with van der Waals surface area (Å²) in [6, 6.07) is 1.97. The van der Waals surface area contributed by atoms with Gasteiger partial charge in [0.2, 0.25) is 0 Å². The van der Waals surface area contributed by atoms with Crippen LogP contribution < -0.4 is 0 Å². The predicted molar refractivity (Wildman–Crippen MR) is 56.2 cm³/mol. The molecule has 0 saturated carbocycles. The first-order valence-electron chi connectivity index (χ1n) is 5.29. The molecular formula is C11H17NO4. The van der Waals surface area contributed by atoms with Gasteiger partial charge in [-0.2, -0.15) is 5.26 Å². The Labute approximate surface area is 95.3 Å². The van der Waals surface area contributed by atoms with Gasteiger partial charge in [0.15, 0.2) is 5.92 Å². The van der Waals surface area contributed by atoms with Crippen molar-refractivity contribution in [1.29, 1.82) is 5.26 Å². The van der Waals surface area contributed by atoms with Gasteiger partial charge in [0.05, 0.1) is 19.3 Å². The largest absolute Gasteiger partial charge is 0.465 e. The highest BCUT2D eigenvalue weighted by Crippen LogP contribution is 2.15. The average molecular weight is 227 g/mol. The summed E-state index contributed by atoms with van der Waals surface area (Å²) in [6.45, 7) is 5.37. The number of nitriles is 1. The zero-order valence-electron chi connectivity index (χ0n) is 9.86. The molecule has 0 aliphatic carbocycles. The molecule has 0 aromatic heterocycles. The molecule has 0 saturated heterocycles. The van der Waals surface area contributed by atoms with Gasteiger partial charge < -0.3 is 9.47 Å². The van der Waals surface area contributed by atoms with Crippen molar-refractivity contribution in [2.24, 2.45) is 11.8 Å². The van der Waals surface area contributed by atoms with Gasteiger partial charge in [0.25, 0.3) is 0 Å². The van der Waals surface area contributed by atoms with Crippen LogP contribution >= 0.6 is 0 Å². The van der Waals surface area contributed by atoms with Crippen molar-refractivity contribution in [3.8, 4) is 6.07 Å². The van der Waals surface area contributed by atoms with Crippen LogP contribution in [0.15, 0.2) is 0 Å². The fourth-order valence-corrected chi connectivity index (χ4v) is 1.18. The number of nitrogens with zero attached hydrogens (tertiary/aromatic N) is 1. The van der Waals surface area contributed by atoms with E-state index in [-0.39, 0.29) is 25.6 Å². The van der Waals surface area contributed by atoms with Gasteiger partial charge in [-0.05, 0) is 27.2 Å². The zero-order chi connectivity index (χ0) is 12.6. The van der Waals surface area contributed by atoms with Crippen molar-refractivity contribution < 1.29 is 19.1 Å².